The Bertz CT molecular complexity index is 1630. The number of para-hydroxylation sites is 1. The SMILES string of the molecule is Cc1cn(-c2ccc(C#N)c(NC3CCCCC3N)c2)c2nccc(-c3cnc4ccccc4c3)c12. The number of fused-ring (bicyclic) bond motifs is 2. The highest BCUT2D eigenvalue weighted by Gasteiger charge is 2.23. The van der Waals surface area contributed by atoms with Gasteiger partial charge in [-0.1, -0.05) is 31.0 Å². The second kappa shape index (κ2) is 9.10. The molecule has 0 spiro atoms. The van der Waals surface area contributed by atoms with E-state index in [1.807, 2.05) is 48.8 Å². The summed E-state index contributed by atoms with van der Waals surface area (Å²) in [5.41, 5.74) is 14.0. The first-order valence-electron chi connectivity index (χ1n) is 12.5. The van der Waals surface area contributed by atoms with E-state index in [1.54, 1.807) is 0 Å². The topological polar surface area (TPSA) is 92.5 Å². The van der Waals surface area contributed by atoms with Crippen molar-refractivity contribution in [2.45, 2.75) is 44.7 Å². The minimum absolute atomic E-state index is 0.100. The zero-order valence-electron chi connectivity index (χ0n) is 20.3. The Balaban J connectivity index is 1.44. The first-order valence-corrected chi connectivity index (χ1v) is 12.5. The third kappa shape index (κ3) is 3.88. The second-order valence-electron chi connectivity index (χ2n) is 9.70. The number of nitriles is 1. The number of aryl methyl sites for hydroxylation is 1. The van der Waals surface area contributed by atoms with Crippen molar-refractivity contribution >= 4 is 27.6 Å². The summed E-state index contributed by atoms with van der Waals surface area (Å²) in [7, 11) is 0. The van der Waals surface area contributed by atoms with E-state index in [1.165, 1.54) is 6.42 Å². The summed E-state index contributed by atoms with van der Waals surface area (Å²) in [6.07, 6.45) is 10.3. The molecule has 36 heavy (non-hydrogen) atoms. The smallest absolute Gasteiger partial charge is 0.145 e. The first-order chi connectivity index (χ1) is 17.6. The molecule has 1 saturated carbocycles. The van der Waals surface area contributed by atoms with E-state index < -0.39 is 0 Å². The van der Waals surface area contributed by atoms with Gasteiger partial charge in [0.05, 0.1) is 16.8 Å². The molecule has 1 aliphatic carbocycles. The average Bonchev–Trinajstić information content (AvgIpc) is 3.26. The standard InChI is InChI=1S/C30H28N6/c1-19-18-36(23-11-10-21(16-31)28(15-23)35-27-9-5-3-7-25(27)32)30-29(19)24(12-13-33-30)22-14-20-6-2-4-8-26(20)34-17-22/h2,4,6,8,10-15,17-18,25,27,35H,3,5,7,9,32H2,1H3. The predicted octanol–water partition coefficient (Wildman–Crippen LogP) is 6.10. The number of benzene rings is 2. The largest absolute Gasteiger partial charge is 0.380 e. The Morgan fingerprint density at radius 3 is 2.78 bits per heavy atom. The summed E-state index contributed by atoms with van der Waals surface area (Å²) in [4.78, 5) is 9.44. The maximum Gasteiger partial charge on any atom is 0.145 e. The van der Waals surface area contributed by atoms with Gasteiger partial charge in [0.25, 0.3) is 0 Å². The Labute approximate surface area is 210 Å². The fourth-order valence-electron chi connectivity index (χ4n) is 5.43. The molecule has 6 nitrogen and oxygen atoms in total. The van der Waals surface area contributed by atoms with Crippen molar-refractivity contribution in [2.24, 2.45) is 5.73 Å². The van der Waals surface area contributed by atoms with Crippen LogP contribution in [0.3, 0.4) is 0 Å². The highest BCUT2D eigenvalue weighted by atomic mass is 15.0. The lowest BCUT2D eigenvalue weighted by molar-refractivity contribution is 0.404. The van der Waals surface area contributed by atoms with Gasteiger partial charge in [-0.15, -0.1) is 0 Å². The van der Waals surface area contributed by atoms with Crippen LogP contribution in [-0.4, -0.2) is 26.6 Å². The molecule has 1 fully saturated rings. The van der Waals surface area contributed by atoms with Crippen LogP contribution in [0.2, 0.25) is 0 Å². The van der Waals surface area contributed by atoms with E-state index in [4.69, 9.17) is 10.7 Å². The van der Waals surface area contributed by atoms with Crippen molar-refractivity contribution in [3.05, 3.63) is 84.3 Å². The van der Waals surface area contributed by atoms with Gasteiger partial charge >= 0.3 is 0 Å². The Hall–Kier alpha value is -4.21. The molecular formula is C30H28N6. The molecule has 5 aromatic rings. The highest BCUT2D eigenvalue weighted by Crippen LogP contribution is 2.34. The molecule has 3 heterocycles. The fourth-order valence-corrected chi connectivity index (χ4v) is 5.43. The van der Waals surface area contributed by atoms with Crippen molar-refractivity contribution in [1.29, 1.82) is 5.26 Å². The second-order valence-corrected chi connectivity index (χ2v) is 9.70. The van der Waals surface area contributed by atoms with Gasteiger partial charge in [0.1, 0.15) is 11.7 Å². The fraction of sp³-hybridized carbons (Fsp3) is 0.233. The summed E-state index contributed by atoms with van der Waals surface area (Å²) < 4.78 is 2.11. The molecule has 3 aromatic heterocycles. The molecule has 0 saturated heterocycles. The summed E-state index contributed by atoms with van der Waals surface area (Å²) in [6, 6.07) is 20.9. The maximum absolute atomic E-state index is 9.74. The van der Waals surface area contributed by atoms with Crippen molar-refractivity contribution in [3.8, 4) is 22.9 Å². The number of nitrogens with two attached hydrogens (primary N) is 1. The number of hydrogen-bond donors (Lipinski definition) is 2. The summed E-state index contributed by atoms with van der Waals surface area (Å²) in [6.45, 7) is 2.11. The molecule has 3 N–H and O–H groups in total. The van der Waals surface area contributed by atoms with E-state index >= 15 is 0 Å². The van der Waals surface area contributed by atoms with Crippen molar-refractivity contribution in [3.63, 3.8) is 0 Å². The Morgan fingerprint density at radius 2 is 1.92 bits per heavy atom. The first kappa shape index (κ1) is 22.3. The van der Waals surface area contributed by atoms with Crippen LogP contribution in [-0.2, 0) is 0 Å². The number of nitrogens with zero attached hydrogens (tertiary/aromatic N) is 4. The third-order valence-electron chi connectivity index (χ3n) is 7.34. The number of anilines is 1. The molecule has 2 aromatic carbocycles. The summed E-state index contributed by atoms with van der Waals surface area (Å²) in [5.74, 6) is 0. The van der Waals surface area contributed by atoms with Crippen molar-refractivity contribution in [2.75, 3.05) is 5.32 Å². The van der Waals surface area contributed by atoms with Gasteiger partial charge in [-0.05, 0) is 67.3 Å². The van der Waals surface area contributed by atoms with E-state index in [2.05, 4.69) is 52.3 Å². The summed E-state index contributed by atoms with van der Waals surface area (Å²) in [5, 5.41) is 15.5. The van der Waals surface area contributed by atoms with Gasteiger partial charge in [0, 0.05) is 52.7 Å². The molecule has 0 radical (unpaired) electrons. The number of pyridine rings is 2. The summed E-state index contributed by atoms with van der Waals surface area (Å²) >= 11 is 0. The van der Waals surface area contributed by atoms with E-state index in [9.17, 15) is 5.26 Å². The van der Waals surface area contributed by atoms with Crippen molar-refractivity contribution < 1.29 is 0 Å². The lowest BCUT2D eigenvalue weighted by Crippen LogP contribution is -2.42. The number of rotatable bonds is 4. The van der Waals surface area contributed by atoms with Gasteiger partial charge < -0.3 is 15.6 Å². The minimum Gasteiger partial charge on any atom is -0.380 e. The van der Waals surface area contributed by atoms with Gasteiger partial charge in [-0.25, -0.2) is 4.98 Å². The zero-order valence-corrected chi connectivity index (χ0v) is 20.3. The normalized spacial score (nSPS) is 17.8. The third-order valence-corrected chi connectivity index (χ3v) is 7.34. The van der Waals surface area contributed by atoms with Crippen LogP contribution in [0.15, 0.2) is 73.2 Å². The lowest BCUT2D eigenvalue weighted by Gasteiger charge is -2.30. The molecule has 1 aliphatic rings. The van der Waals surface area contributed by atoms with Crippen LogP contribution in [0.4, 0.5) is 5.69 Å². The van der Waals surface area contributed by atoms with Gasteiger partial charge in [-0.2, -0.15) is 5.26 Å². The number of nitrogens with one attached hydrogen (secondary N) is 1. The predicted molar refractivity (Wildman–Crippen MR) is 145 cm³/mol. The van der Waals surface area contributed by atoms with Crippen LogP contribution in [0.1, 0.15) is 36.8 Å². The molecule has 0 amide bonds. The molecular weight excluding hydrogens is 444 g/mol. The molecule has 178 valence electrons. The Morgan fingerprint density at radius 1 is 1.06 bits per heavy atom. The van der Waals surface area contributed by atoms with Gasteiger partial charge in [-0.3, -0.25) is 4.98 Å². The van der Waals surface area contributed by atoms with Crippen molar-refractivity contribution in [1.82, 2.24) is 14.5 Å². The van der Waals surface area contributed by atoms with Crippen LogP contribution in [0.25, 0.3) is 38.8 Å². The molecule has 6 heteroatoms. The van der Waals surface area contributed by atoms with E-state index in [0.717, 1.165) is 69.3 Å². The minimum atomic E-state index is 0.100. The van der Waals surface area contributed by atoms with Gasteiger partial charge in [0.15, 0.2) is 0 Å². The Kier molecular flexibility index (Phi) is 5.63. The lowest BCUT2D eigenvalue weighted by atomic mass is 9.90. The molecule has 6 rings (SSSR count). The quantitative estimate of drug-likeness (QED) is 0.330. The molecule has 0 aliphatic heterocycles. The van der Waals surface area contributed by atoms with Crippen LogP contribution in [0, 0.1) is 18.3 Å². The van der Waals surface area contributed by atoms with E-state index in [0.29, 0.717) is 5.56 Å². The monoisotopic (exact) mass is 472 g/mol. The zero-order chi connectivity index (χ0) is 24.6. The molecule has 2 unspecified atom stereocenters. The van der Waals surface area contributed by atoms with Crippen LogP contribution < -0.4 is 11.1 Å². The molecule has 0 bridgehead atoms. The number of hydrogen-bond acceptors (Lipinski definition) is 5. The average molecular weight is 473 g/mol. The maximum atomic E-state index is 9.74. The molecule has 2 atom stereocenters. The van der Waals surface area contributed by atoms with Gasteiger partial charge in [0.2, 0.25) is 0 Å². The number of aromatic nitrogens is 3. The van der Waals surface area contributed by atoms with Crippen LogP contribution >= 0.6 is 0 Å². The van der Waals surface area contributed by atoms with Crippen LogP contribution in [0.5, 0.6) is 0 Å². The van der Waals surface area contributed by atoms with E-state index in [-0.39, 0.29) is 12.1 Å². The highest BCUT2D eigenvalue weighted by molar-refractivity contribution is 5.98.